The lowest BCUT2D eigenvalue weighted by atomic mass is 9.75. The highest BCUT2D eigenvalue weighted by Gasteiger charge is 2.28. The summed E-state index contributed by atoms with van der Waals surface area (Å²) in [6.07, 6.45) is 10.1. The third-order valence-electron chi connectivity index (χ3n) is 4.82. The van der Waals surface area contributed by atoms with E-state index in [0.29, 0.717) is 5.92 Å². The van der Waals surface area contributed by atoms with Gasteiger partial charge in [0.25, 0.3) is 0 Å². The topological polar surface area (TPSA) is 35.6 Å². The van der Waals surface area contributed by atoms with Crippen LogP contribution in [0, 0.1) is 11.8 Å². The lowest BCUT2D eigenvalue weighted by Crippen LogP contribution is -2.29. The smallest absolute Gasteiger partial charge is 0.0692 e. The minimum absolute atomic E-state index is 0.635. The summed E-state index contributed by atoms with van der Waals surface area (Å²) < 4.78 is 4.38. The minimum Gasteiger partial charge on any atom is -0.347 e. The van der Waals surface area contributed by atoms with Crippen LogP contribution in [0.15, 0.2) is 48.9 Å². The van der Waals surface area contributed by atoms with Gasteiger partial charge in [-0.15, -0.1) is 5.10 Å². The average molecular weight is 280 g/mol. The highest BCUT2D eigenvalue weighted by Crippen LogP contribution is 2.35. The molecule has 0 radical (unpaired) electrons. The molecule has 3 aromatic rings. The normalized spacial score (nSPS) is 17.0. The van der Waals surface area contributed by atoms with Crippen LogP contribution in [0.1, 0.15) is 19.3 Å². The van der Waals surface area contributed by atoms with Gasteiger partial charge < -0.3 is 4.57 Å². The monoisotopic (exact) mass is 280 g/mol. The second-order valence-corrected chi connectivity index (χ2v) is 6.10. The quantitative estimate of drug-likeness (QED) is 0.718. The van der Waals surface area contributed by atoms with Gasteiger partial charge in [-0.1, -0.05) is 42.7 Å². The summed E-state index contributed by atoms with van der Waals surface area (Å²) in [4.78, 5) is 0. The molecule has 4 nitrogen and oxygen atoms in total. The molecule has 0 bridgehead atoms. The van der Waals surface area contributed by atoms with Gasteiger partial charge in [0, 0.05) is 31.0 Å². The summed E-state index contributed by atoms with van der Waals surface area (Å²) in [7, 11) is 0. The van der Waals surface area contributed by atoms with Crippen LogP contribution in [0.25, 0.3) is 10.9 Å². The maximum atomic E-state index is 4.15. The van der Waals surface area contributed by atoms with E-state index in [4.69, 9.17) is 0 Å². The van der Waals surface area contributed by atoms with Gasteiger partial charge in [-0.25, -0.2) is 0 Å². The molecule has 0 amide bonds. The van der Waals surface area contributed by atoms with Gasteiger partial charge in [-0.05, 0) is 29.4 Å². The first-order valence-corrected chi connectivity index (χ1v) is 7.78. The lowest BCUT2D eigenvalue weighted by molar-refractivity contribution is 0.162. The molecule has 1 atom stereocenters. The second-order valence-electron chi connectivity index (χ2n) is 6.10. The Labute approximate surface area is 124 Å². The van der Waals surface area contributed by atoms with Crippen LogP contribution >= 0.6 is 0 Å². The van der Waals surface area contributed by atoms with E-state index in [2.05, 4.69) is 51.4 Å². The highest BCUT2D eigenvalue weighted by atomic mass is 15.4. The Kier molecular flexibility index (Phi) is 3.22. The van der Waals surface area contributed by atoms with Crippen molar-refractivity contribution < 1.29 is 0 Å². The third kappa shape index (κ3) is 2.46. The first-order chi connectivity index (χ1) is 10.4. The summed E-state index contributed by atoms with van der Waals surface area (Å²) in [6.45, 7) is 2.04. The maximum absolute atomic E-state index is 4.15. The summed E-state index contributed by atoms with van der Waals surface area (Å²) in [6, 6.07) is 10.8. The van der Waals surface area contributed by atoms with Crippen molar-refractivity contribution in [2.75, 3.05) is 0 Å². The predicted molar refractivity (Wildman–Crippen MR) is 82.8 cm³/mol. The van der Waals surface area contributed by atoms with E-state index < -0.39 is 0 Å². The van der Waals surface area contributed by atoms with Crippen LogP contribution in [0.3, 0.4) is 0 Å². The molecule has 4 heteroatoms. The molecule has 0 saturated heterocycles. The summed E-state index contributed by atoms with van der Waals surface area (Å²) in [5.74, 6) is 1.46. The van der Waals surface area contributed by atoms with Gasteiger partial charge in [-0.3, -0.25) is 4.68 Å². The van der Waals surface area contributed by atoms with Gasteiger partial charge in [-0.2, -0.15) is 0 Å². The van der Waals surface area contributed by atoms with Crippen LogP contribution in [0.2, 0.25) is 0 Å². The summed E-state index contributed by atoms with van der Waals surface area (Å²) in [5.41, 5.74) is 1.33. The van der Waals surface area contributed by atoms with Crippen LogP contribution in [0.4, 0.5) is 0 Å². The van der Waals surface area contributed by atoms with E-state index in [1.165, 1.54) is 30.2 Å². The number of hydrogen-bond donors (Lipinski definition) is 0. The van der Waals surface area contributed by atoms with Gasteiger partial charge in [0.15, 0.2) is 0 Å². The second kappa shape index (κ2) is 5.35. The van der Waals surface area contributed by atoms with Crippen molar-refractivity contribution in [3.8, 4) is 0 Å². The Bertz CT molecular complexity index is 709. The van der Waals surface area contributed by atoms with Gasteiger partial charge in [0.1, 0.15) is 0 Å². The van der Waals surface area contributed by atoms with E-state index in [1.54, 1.807) is 6.20 Å². The number of para-hydroxylation sites is 1. The number of rotatable bonds is 5. The van der Waals surface area contributed by atoms with Crippen molar-refractivity contribution in [1.82, 2.24) is 19.6 Å². The number of nitrogens with zero attached hydrogens (tertiary/aromatic N) is 4. The van der Waals surface area contributed by atoms with E-state index >= 15 is 0 Å². The molecule has 21 heavy (non-hydrogen) atoms. The fourth-order valence-electron chi connectivity index (χ4n) is 3.39. The zero-order valence-electron chi connectivity index (χ0n) is 12.1. The van der Waals surface area contributed by atoms with E-state index in [9.17, 15) is 0 Å². The molecular weight excluding hydrogens is 260 g/mol. The standard InChI is InChI=1S/C17H20N4/c1-2-7-17-15(4-1)8-10-20(17)12-16(14-5-3-6-14)13-21-11-9-18-19-21/h1-2,4,7-11,14,16H,3,5-6,12-13H2. The van der Waals surface area contributed by atoms with Crippen molar-refractivity contribution in [2.45, 2.75) is 32.4 Å². The first-order valence-electron chi connectivity index (χ1n) is 7.78. The van der Waals surface area contributed by atoms with Crippen molar-refractivity contribution >= 4 is 10.9 Å². The summed E-state index contributed by atoms with van der Waals surface area (Å²) in [5, 5.41) is 9.40. The zero-order chi connectivity index (χ0) is 14.1. The van der Waals surface area contributed by atoms with Crippen molar-refractivity contribution in [2.24, 2.45) is 11.8 Å². The molecule has 0 N–H and O–H groups in total. The van der Waals surface area contributed by atoms with Gasteiger partial charge in [0.2, 0.25) is 0 Å². The largest absolute Gasteiger partial charge is 0.347 e. The van der Waals surface area contributed by atoms with E-state index in [-0.39, 0.29) is 0 Å². The van der Waals surface area contributed by atoms with Crippen molar-refractivity contribution in [1.29, 1.82) is 0 Å². The SMILES string of the molecule is c1ccc2c(c1)ccn2CC(Cn1ccnn1)C1CCC1. The molecule has 1 fully saturated rings. The molecule has 0 spiro atoms. The van der Waals surface area contributed by atoms with E-state index in [0.717, 1.165) is 19.0 Å². The molecule has 0 aliphatic heterocycles. The molecular formula is C17H20N4. The molecule has 1 unspecified atom stereocenters. The number of hydrogen-bond acceptors (Lipinski definition) is 2. The summed E-state index contributed by atoms with van der Waals surface area (Å²) >= 11 is 0. The van der Waals surface area contributed by atoms with Crippen molar-refractivity contribution in [3.63, 3.8) is 0 Å². The highest BCUT2D eigenvalue weighted by molar-refractivity contribution is 5.79. The van der Waals surface area contributed by atoms with Crippen LogP contribution in [0.5, 0.6) is 0 Å². The fourth-order valence-corrected chi connectivity index (χ4v) is 3.39. The predicted octanol–water partition coefficient (Wildman–Crippen LogP) is 3.35. The van der Waals surface area contributed by atoms with Crippen LogP contribution in [-0.4, -0.2) is 19.6 Å². The Morgan fingerprint density at radius 2 is 2.00 bits per heavy atom. The van der Waals surface area contributed by atoms with Crippen LogP contribution < -0.4 is 0 Å². The molecule has 108 valence electrons. The molecule has 4 rings (SSSR count). The first kappa shape index (κ1) is 12.6. The third-order valence-corrected chi connectivity index (χ3v) is 4.82. The average Bonchev–Trinajstić information content (AvgIpc) is 3.07. The molecule has 2 aromatic heterocycles. The maximum Gasteiger partial charge on any atom is 0.0692 e. The minimum atomic E-state index is 0.635. The zero-order valence-corrected chi connectivity index (χ0v) is 12.1. The lowest BCUT2D eigenvalue weighted by Gasteiger charge is -2.34. The Balaban J connectivity index is 1.58. The molecule has 2 heterocycles. The van der Waals surface area contributed by atoms with Crippen molar-refractivity contribution in [3.05, 3.63) is 48.9 Å². The Hall–Kier alpha value is -2.10. The number of aromatic nitrogens is 4. The van der Waals surface area contributed by atoms with Crippen LogP contribution in [-0.2, 0) is 13.1 Å². The van der Waals surface area contributed by atoms with Gasteiger partial charge in [0.05, 0.1) is 6.20 Å². The molecule has 1 saturated carbocycles. The van der Waals surface area contributed by atoms with Gasteiger partial charge >= 0.3 is 0 Å². The molecule has 1 aromatic carbocycles. The Morgan fingerprint density at radius 3 is 2.76 bits per heavy atom. The Morgan fingerprint density at radius 1 is 1.10 bits per heavy atom. The van der Waals surface area contributed by atoms with E-state index in [1.807, 2.05) is 10.9 Å². The number of fused-ring (bicyclic) bond motifs is 1. The molecule has 1 aliphatic carbocycles. The number of benzene rings is 1. The fraction of sp³-hybridized carbons (Fsp3) is 0.412. The molecule has 1 aliphatic rings.